The van der Waals surface area contributed by atoms with Crippen molar-refractivity contribution in [3.8, 4) is 51.7 Å². The second kappa shape index (κ2) is 10.6. The highest BCUT2D eigenvalue weighted by atomic mass is 19.1. The SMILES string of the molecule is CC#CCNc1ccc(-c2c(C)c(C)c(-c3ccc(NCC#CC)c(F)c3)c(O)c2C)cc1. The van der Waals surface area contributed by atoms with Gasteiger partial charge in [-0.3, -0.25) is 0 Å². The molecule has 3 rings (SSSR count). The van der Waals surface area contributed by atoms with E-state index in [4.69, 9.17) is 0 Å². The van der Waals surface area contributed by atoms with Crippen LogP contribution in [0.2, 0.25) is 0 Å². The first-order valence-electron chi connectivity index (χ1n) is 10.9. The van der Waals surface area contributed by atoms with Crippen LogP contribution in [-0.2, 0) is 0 Å². The van der Waals surface area contributed by atoms with E-state index in [0.29, 0.717) is 29.9 Å². The summed E-state index contributed by atoms with van der Waals surface area (Å²) >= 11 is 0. The van der Waals surface area contributed by atoms with Gasteiger partial charge in [0.05, 0.1) is 18.8 Å². The van der Waals surface area contributed by atoms with Crippen molar-refractivity contribution < 1.29 is 9.50 Å². The molecule has 3 aromatic rings. The molecule has 0 heterocycles. The van der Waals surface area contributed by atoms with Gasteiger partial charge in [-0.2, -0.15) is 0 Å². The average Bonchev–Trinajstić information content (AvgIpc) is 2.81. The summed E-state index contributed by atoms with van der Waals surface area (Å²) in [6.45, 7) is 10.4. The lowest BCUT2D eigenvalue weighted by Crippen LogP contribution is -2.02. The summed E-state index contributed by atoms with van der Waals surface area (Å²) in [7, 11) is 0. The number of rotatable bonds is 6. The highest BCUT2D eigenvalue weighted by Crippen LogP contribution is 2.43. The van der Waals surface area contributed by atoms with Crippen molar-refractivity contribution in [1.29, 1.82) is 0 Å². The number of benzene rings is 3. The van der Waals surface area contributed by atoms with Gasteiger partial charge in [0.25, 0.3) is 0 Å². The third-order valence-corrected chi connectivity index (χ3v) is 5.81. The molecule has 0 aromatic heterocycles. The first kappa shape index (κ1) is 23.8. The first-order chi connectivity index (χ1) is 15.9. The molecule has 0 saturated carbocycles. The normalized spacial score (nSPS) is 10.0. The van der Waals surface area contributed by atoms with Crippen molar-refractivity contribution in [3.05, 3.63) is 65.0 Å². The molecule has 0 saturated heterocycles. The number of phenolic OH excluding ortho intramolecular Hbond substituents is 1. The third-order valence-electron chi connectivity index (χ3n) is 5.81. The molecule has 4 heteroatoms. The summed E-state index contributed by atoms with van der Waals surface area (Å²) in [5.41, 5.74) is 7.43. The van der Waals surface area contributed by atoms with Crippen molar-refractivity contribution in [2.24, 2.45) is 0 Å². The Morgan fingerprint density at radius 3 is 1.94 bits per heavy atom. The molecule has 0 fully saturated rings. The average molecular weight is 441 g/mol. The maximum Gasteiger partial charge on any atom is 0.146 e. The van der Waals surface area contributed by atoms with Crippen LogP contribution in [0, 0.1) is 50.3 Å². The van der Waals surface area contributed by atoms with Gasteiger partial charge in [-0.1, -0.05) is 30.0 Å². The molecule has 0 spiro atoms. The zero-order valence-corrected chi connectivity index (χ0v) is 19.8. The van der Waals surface area contributed by atoms with Crippen LogP contribution in [0.1, 0.15) is 30.5 Å². The molecule has 0 aliphatic heterocycles. The molecule has 3 N–H and O–H groups in total. The molecule has 0 amide bonds. The van der Waals surface area contributed by atoms with Crippen molar-refractivity contribution in [2.75, 3.05) is 23.7 Å². The minimum absolute atomic E-state index is 0.172. The Hall–Kier alpha value is -3.89. The largest absolute Gasteiger partial charge is 0.507 e. The van der Waals surface area contributed by atoms with Crippen molar-refractivity contribution in [3.63, 3.8) is 0 Å². The van der Waals surface area contributed by atoms with Crippen LogP contribution < -0.4 is 10.6 Å². The van der Waals surface area contributed by atoms with E-state index in [-0.39, 0.29) is 11.6 Å². The molecular formula is C29H29FN2O. The molecule has 33 heavy (non-hydrogen) atoms. The molecule has 0 aliphatic carbocycles. The van der Waals surface area contributed by atoms with Crippen LogP contribution in [0.5, 0.6) is 5.75 Å². The summed E-state index contributed by atoms with van der Waals surface area (Å²) in [5, 5.41) is 17.4. The molecule has 3 nitrogen and oxygen atoms in total. The number of nitrogens with one attached hydrogen (secondary N) is 2. The van der Waals surface area contributed by atoms with E-state index in [1.54, 1.807) is 13.0 Å². The van der Waals surface area contributed by atoms with E-state index in [1.807, 2.05) is 58.0 Å². The Labute approximate surface area is 196 Å². The maximum absolute atomic E-state index is 14.7. The van der Waals surface area contributed by atoms with Crippen LogP contribution in [0.15, 0.2) is 42.5 Å². The summed E-state index contributed by atoms with van der Waals surface area (Å²) in [5.74, 6) is 11.3. The van der Waals surface area contributed by atoms with Crippen LogP contribution in [-0.4, -0.2) is 18.2 Å². The predicted octanol–water partition coefficient (Wildman–Crippen LogP) is 6.66. The van der Waals surface area contributed by atoms with Crippen LogP contribution in [0.3, 0.4) is 0 Å². The smallest absolute Gasteiger partial charge is 0.146 e. The van der Waals surface area contributed by atoms with E-state index in [2.05, 4.69) is 34.3 Å². The Bertz CT molecular complexity index is 1260. The van der Waals surface area contributed by atoms with Gasteiger partial charge in [0.2, 0.25) is 0 Å². The maximum atomic E-state index is 14.7. The molecular weight excluding hydrogens is 411 g/mol. The minimum atomic E-state index is -0.376. The lowest BCUT2D eigenvalue weighted by atomic mass is 9.86. The second-order valence-corrected chi connectivity index (χ2v) is 7.81. The quantitative estimate of drug-likeness (QED) is 0.376. The highest BCUT2D eigenvalue weighted by Gasteiger charge is 2.20. The van der Waals surface area contributed by atoms with Crippen LogP contribution in [0.4, 0.5) is 15.8 Å². The number of anilines is 2. The van der Waals surface area contributed by atoms with E-state index < -0.39 is 0 Å². The van der Waals surface area contributed by atoms with Crippen molar-refractivity contribution in [1.82, 2.24) is 0 Å². The fourth-order valence-corrected chi connectivity index (χ4v) is 3.96. The number of hydrogen-bond donors (Lipinski definition) is 3. The standard InChI is InChI=1S/C29H29FN2O/c1-6-8-16-31-24-13-10-22(11-14-24)27-19(3)20(4)28(29(33)21(27)5)23-12-15-26(25(30)18-23)32-17-9-7-2/h10-15,18,31-33H,16-17H2,1-5H3. The van der Waals surface area contributed by atoms with Crippen LogP contribution >= 0.6 is 0 Å². The molecule has 0 atom stereocenters. The van der Waals surface area contributed by atoms with E-state index in [9.17, 15) is 9.50 Å². The first-order valence-corrected chi connectivity index (χ1v) is 10.9. The van der Waals surface area contributed by atoms with Gasteiger partial charge in [0.15, 0.2) is 0 Å². The number of aromatic hydroxyl groups is 1. The zero-order chi connectivity index (χ0) is 24.0. The summed E-state index contributed by atoms with van der Waals surface area (Å²) < 4.78 is 14.7. The summed E-state index contributed by atoms with van der Waals surface area (Å²) in [6.07, 6.45) is 0. The van der Waals surface area contributed by atoms with Gasteiger partial charge in [-0.15, -0.1) is 11.8 Å². The highest BCUT2D eigenvalue weighted by molar-refractivity contribution is 5.85. The molecule has 0 aliphatic rings. The Morgan fingerprint density at radius 2 is 1.33 bits per heavy atom. The van der Waals surface area contributed by atoms with Crippen molar-refractivity contribution in [2.45, 2.75) is 34.6 Å². The Morgan fingerprint density at radius 1 is 0.758 bits per heavy atom. The van der Waals surface area contributed by atoms with Crippen molar-refractivity contribution >= 4 is 11.4 Å². The lowest BCUT2D eigenvalue weighted by Gasteiger charge is -2.20. The van der Waals surface area contributed by atoms with Gasteiger partial charge in [0, 0.05) is 11.3 Å². The zero-order valence-electron chi connectivity index (χ0n) is 19.8. The predicted molar refractivity (Wildman–Crippen MR) is 137 cm³/mol. The fraction of sp³-hybridized carbons (Fsp3) is 0.241. The molecule has 0 bridgehead atoms. The Balaban J connectivity index is 2.00. The third kappa shape index (κ3) is 5.13. The molecule has 0 unspecified atom stereocenters. The van der Waals surface area contributed by atoms with Gasteiger partial charge in [0.1, 0.15) is 11.6 Å². The lowest BCUT2D eigenvalue weighted by molar-refractivity contribution is 0.473. The molecule has 3 aromatic carbocycles. The molecule has 0 radical (unpaired) electrons. The summed E-state index contributed by atoms with van der Waals surface area (Å²) in [4.78, 5) is 0. The minimum Gasteiger partial charge on any atom is -0.507 e. The van der Waals surface area contributed by atoms with E-state index >= 15 is 0 Å². The van der Waals surface area contributed by atoms with Gasteiger partial charge in [-0.05, 0) is 92.3 Å². The number of phenols is 1. The van der Waals surface area contributed by atoms with Crippen LogP contribution in [0.25, 0.3) is 22.3 Å². The van der Waals surface area contributed by atoms with E-state index in [0.717, 1.165) is 33.5 Å². The topological polar surface area (TPSA) is 44.3 Å². The fourth-order valence-electron chi connectivity index (χ4n) is 3.96. The van der Waals surface area contributed by atoms with Gasteiger partial charge >= 0.3 is 0 Å². The molecule has 168 valence electrons. The second-order valence-electron chi connectivity index (χ2n) is 7.81. The van der Waals surface area contributed by atoms with E-state index in [1.165, 1.54) is 6.07 Å². The van der Waals surface area contributed by atoms with Gasteiger partial charge < -0.3 is 15.7 Å². The van der Waals surface area contributed by atoms with Gasteiger partial charge in [-0.25, -0.2) is 4.39 Å². The number of hydrogen-bond acceptors (Lipinski definition) is 3. The monoisotopic (exact) mass is 440 g/mol. The number of halogens is 1. The summed E-state index contributed by atoms with van der Waals surface area (Å²) in [6, 6.07) is 13.1. The Kier molecular flexibility index (Phi) is 7.65.